The number of ketones is 1. The summed E-state index contributed by atoms with van der Waals surface area (Å²) in [6, 6.07) is 34.6. The highest BCUT2D eigenvalue weighted by molar-refractivity contribution is 5.83. The molecule has 4 aromatic rings. The molecule has 0 bridgehead atoms. The van der Waals surface area contributed by atoms with Crippen molar-refractivity contribution in [3.63, 3.8) is 0 Å². The Labute approximate surface area is 176 Å². The van der Waals surface area contributed by atoms with Crippen molar-refractivity contribution in [2.75, 3.05) is 0 Å². The van der Waals surface area contributed by atoms with Gasteiger partial charge in [0.15, 0.2) is 0 Å². The van der Waals surface area contributed by atoms with Gasteiger partial charge in [-0.05, 0) is 59.7 Å². The maximum atomic E-state index is 12.6. The summed E-state index contributed by atoms with van der Waals surface area (Å²) in [6.07, 6.45) is 0.714. The van der Waals surface area contributed by atoms with E-state index in [0.717, 1.165) is 34.1 Å². The minimum Gasteiger partial charge on any atom is -0.457 e. The van der Waals surface area contributed by atoms with Crippen LogP contribution in [0.5, 0.6) is 23.0 Å². The Balaban J connectivity index is 1.38. The molecule has 3 nitrogen and oxygen atoms in total. The first-order chi connectivity index (χ1) is 14.7. The van der Waals surface area contributed by atoms with Crippen LogP contribution < -0.4 is 9.47 Å². The largest absolute Gasteiger partial charge is 0.457 e. The van der Waals surface area contributed by atoms with Gasteiger partial charge in [-0.25, -0.2) is 0 Å². The van der Waals surface area contributed by atoms with Gasteiger partial charge in [0.1, 0.15) is 28.8 Å². The molecule has 0 N–H and O–H groups in total. The second-order valence-electron chi connectivity index (χ2n) is 7.02. The quantitative estimate of drug-likeness (QED) is 0.337. The standard InChI is InChI=1S/C27H22O3/c28-23(17-21-9-7-15-26(19-21)29-24-11-3-1-4-12-24)18-22-10-8-16-27(20-22)30-25-13-5-2-6-14-25/h1-16,19-20H,17-18H2. The average Bonchev–Trinajstić information content (AvgIpc) is 2.76. The molecule has 0 atom stereocenters. The van der Waals surface area contributed by atoms with Gasteiger partial charge in [-0.15, -0.1) is 0 Å². The summed E-state index contributed by atoms with van der Waals surface area (Å²) >= 11 is 0. The first-order valence-corrected chi connectivity index (χ1v) is 9.90. The van der Waals surface area contributed by atoms with E-state index in [9.17, 15) is 4.79 Å². The normalized spacial score (nSPS) is 10.4. The predicted octanol–water partition coefficient (Wildman–Crippen LogP) is 6.63. The van der Waals surface area contributed by atoms with Crippen LogP contribution in [-0.4, -0.2) is 5.78 Å². The first kappa shape index (κ1) is 19.5. The molecule has 0 aliphatic rings. The van der Waals surface area contributed by atoms with Gasteiger partial charge in [0, 0.05) is 12.8 Å². The zero-order chi connectivity index (χ0) is 20.6. The second-order valence-corrected chi connectivity index (χ2v) is 7.02. The number of ether oxygens (including phenoxy) is 2. The van der Waals surface area contributed by atoms with Crippen molar-refractivity contribution in [3.8, 4) is 23.0 Å². The third kappa shape index (κ3) is 5.58. The summed E-state index contributed by atoms with van der Waals surface area (Å²) in [6.45, 7) is 0. The van der Waals surface area contributed by atoms with Crippen molar-refractivity contribution in [1.29, 1.82) is 0 Å². The van der Waals surface area contributed by atoms with Crippen molar-refractivity contribution < 1.29 is 14.3 Å². The fraction of sp³-hybridized carbons (Fsp3) is 0.0741. The maximum Gasteiger partial charge on any atom is 0.141 e. The molecule has 0 radical (unpaired) electrons. The lowest BCUT2D eigenvalue weighted by Gasteiger charge is -2.09. The minimum atomic E-state index is 0.142. The molecular formula is C27H22O3. The fourth-order valence-electron chi connectivity index (χ4n) is 3.20. The van der Waals surface area contributed by atoms with Gasteiger partial charge in [-0.3, -0.25) is 4.79 Å². The van der Waals surface area contributed by atoms with E-state index in [2.05, 4.69) is 0 Å². The molecule has 0 unspecified atom stereocenters. The number of Topliss-reactive ketones (excluding diaryl/α,β-unsaturated/α-hetero) is 1. The molecule has 0 aromatic heterocycles. The molecule has 0 heterocycles. The van der Waals surface area contributed by atoms with E-state index >= 15 is 0 Å². The van der Waals surface area contributed by atoms with Crippen LogP contribution in [0.4, 0.5) is 0 Å². The fourth-order valence-corrected chi connectivity index (χ4v) is 3.20. The summed E-state index contributed by atoms with van der Waals surface area (Å²) < 4.78 is 11.7. The van der Waals surface area contributed by atoms with Crippen molar-refractivity contribution in [2.24, 2.45) is 0 Å². The van der Waals surface area contributed by atoms with Gasteiger partial charge in [-0.1, -0.05) is 60.7 Å². The van der Waals surface area contributed by atoms with Crippen LogP contribution >= 0.6 is 0 Å². The number of carbonyl (C=O) groups is 1. The Hall–Kier alpha value is -3.85. The van der Waals surface area contributed by atoms with E-state index in [0.29, 0.717) is 12.8 Å². The Morgan fingerprint density at radius 3 is 1.33 bits per heavy atom. The molecule has 0 saturated carbocycles. The molecule has 0 spiro atoms. The lowest BCUT2D eigenvalue weighted by atomic mass is 10.0. The van der Waals surface area contributed by atoms with Crippen molar-refractivity contribution in [2.45, 2.75) is 12.8 Å². The number of hydrogen-bond acceptors (Lipinski definition) is 3. The van der Waals surface area contributed by atoms with Crippen LogP contribution in [0, 0.1) is 0 Å². The smallest absolute Gasteiger partial charge is 0.141 e. The van der Waals surface area contributed by atoms with Gasteiger partial charge in [0.25, 0.3) is 0 Å². The molecular weight excluding hydrogens is 372 g/mol. The first-order valence-electron chi connectivity index (χ1n) is 9.90. The molecule has 30 heavy (non-hydrogen) atoms. The Morgan fingerprint density at radius 1 is 0.500 bits per heavy atom. The molecule has 0 fully saturated rings. The molecule has 4 rings (SSSR count). The molecule has 0 aliphatic heterocycles. The zero-order valence-electron chi connectivity index (χ0n) is 16.5. The average molecular weight is 394 g/mol. The second kappa shape index (κ2) is 9.57. The number of carbonyl (C=O) groups excluding carboxylic acids is 1. The Morgan fingerprint density at radius 2 is 0.900 bits per heavy atom. The summed E-state index contributed by atoms with van der Waals surface area (Å²) in [7, 11) is 0. The number of rotatable bonds is 8. The van der Waals surface area contributed by atoms with Crippen LogP contribution in [0.25, 0.3) is 0 Å². The Bertz CT molecular complexity index is 1020. The molecule has 3 heteroatoms. The SMILES string of the molecule is O=C(Cc1cccc(Oc2ccccc2)c1)Cc1cccc(Oc2ccccc2)c1. The minimum absolute atomic E-state index is 0.142. The molecule has 0 saturated heterocycles. The number of para-hydroxylation sites is 2. The van der Waals surface area contributed by atoms with Crippen molar-refractivity contribution >= 4 is 5.78 Å². The third-order valence-electron chi connectivity index (χ3n) is 4.56. The van der Waals surface area contributed by atoms with E-state index in [1.165, 1.54) is 0 Å². The topological polar surface area (TPSA) is 35.5 Å². The van der Waals surface area contributed by atoms with Gasteiger partial charge in [0.2, 0.25) is 0 Å². The van der Waals surface area contributed by atoms with E-state index in [-0.39, 0.29) is 5.78 Å². The predicted molar refractivity (Wildman–Crippen MR) is 118 cm³/mol. The zero-order valence-corrected chi connectivity index (χ0v) is 16.5. The highest BCUT2D eigenvalue weighted by Gasteiger charge is 2.08. The lowest BCUT2D eigenvalue weighted by molar-refractivity contribution is -0.117. The van der Waals surface area contributed by atoms with Crippen LogP contribution in [0.2, 0.25) is 0 Å². The van der Waals surface area contributed by atoms with E-state index in [4.69, 9.17) is 9.47 Å². The lowest BCUT2D eigenvalue weighted by Crippen LogP contribution is -2.06. The van der Waals surface area contributed by atoms with E-state index in [1.54, 1.807) is 0 Å². The highest BCUT2D eigenvalue weighted by atomic mass is 16.5. The van der Waals surface area contributed by atoms with Gasteiger partial charge >= 0.3 is 0 Å². The van der Waals surface area contributed by atoms with Crippen LogP contribution in [0.15, 0.2) is 109 Å². The van der Waals surface area contributed by atoms with Crippen LogP contribution in [0.1, 0.15) is 11.1 Å². The monoisotopic (exact) mass is 394 g/mol. The van der Waals surface area contributed by atoms with Crippen LogP contribution in [-0.2, 0) is 17.6 Å². The summed E-state index contributed by atoms with van der Waals surface area (Å²) in [5.41, 5.74) is 1.87. The molecule has 0 aliphatic carbocycles. The van der Waals surface area contributed by atoms with Crippen molar-refractivity contribution in [3.05, 3.63) is 120 Å². The molecule has 0 amide bonds. The van der Waals surface area contributed by atoms with Crippen LogP contribution in [0.3, 0.4) is 0 Å². The van der Waals surface area contributed by atoms with E-state index < -0.39 is 0 Å². The molecule has 148 valence electrons. The molecule has 4 aromatic carbocycles. The third-order valence-corrected chi connectivity index (χ3v) is 4.56. The summed E-state index contributed by atoms with van der Waals surface area (Å²) in [5, 5.41) is 0. The number of hydrogen-bond donors (Lipinski definition) is 0. The Kier molecular flexibility index (Phi) is 6.21. The van der Waals surface area contributed by atoms with Gasteiger partial charge < -0.3 is 9.47 Å². The summed E-state index contributed by atoms with van der Waals surface area (Å²) in [4.78, 5) is 12.6. The van der Waals surface area contributed by atoms with Gasteiger partial charge in [-0.2, -0.15) is 0 Å². The van der Waals surface area contributed by atoms with Gasteiger partial charge in [0.05, 0.1) is 0 Å². The summed E-state index contributed by atoms with van der Waals surface area (Å²) in [5.74, 6) is 3.14. The van der Waals surface area contributed by atoms with E-state index in [1.807, 2.05) is 109 Å². The number of benzene rings is 4. The maximum absolute atomic E-state index is 12.6. The van der Waals surface area contributed by atoms with Crippen molar-refractivity contribution in [1.82, 2.24) is 0 Å². The highest BCUT2D eigenvalue weighted by Crippen LogP contribution is 2.24.